The van der Waals surface area contributed by atoms with Crippen LogP contribution in [0.2, 0.25) is 10.0 Å². The predicted molar refractivity (Wildman–Crippen MR) is 72.8 cm³/mol. The molecule has 1 aliphatic carbocycles. The van der Waals surface area contributed by atoms with E-state index in [0.29, 0.717) is 15.7 Å². The summed E-state index contributed by atoms with van der Waals surface area (Å²) in [7, 11) is 0. The van der Waals surface area contributed by atoms with Crippen LogP contribution in [0.5, 0.6) is 0 Å². The van der Waals surface area contributed by atoms with Crippen molar-refractivity contribution in [3.05, 3.63) is 28.2 Å². The lowest BCUT2D eigenvalue weighted by Crippen LogP contribution is -2.40. The van der Waals surface area contributed by atoms with Gasteiger partial charge in [-0.1, -0.05) is 29.3 Å². The second-order valence-corrected chi connectivity index (χ2v) is 5.09. The van der Waals surface area contributed by atoms with Crippen LogP contribution in [-0.4, -0.2) is 34.6 Å². The van der Waals surface area contributed by atoms with Crippen LogP contribution < -0.4 is 5.32 Å². The molecule has 0 saturated heterocycles. The van der Waals surface area contributed by atoms with Crippen molar-refractivity contribution in [3.63, 3.8) is 0 Å². The minimum Gasteiger partial charge on any atom is -0.480 e. The Bertz CT molecular complexity index is 497. The molecule has 0 atom stereocenters. The minimum atomic E-state index is -1.05. The normalized spacial score (nSPS) is 14.0. The minimum absolute atomic E-state index is 0.0163. The number of carbonyl (C=O) groups is 2. The number of hydrogen-bond donors (Lipinski definition) is 2. The largest absolute Gasteiger partial charge is 0.480 e. The number of anilines is 1. The second-order valence-electron chi connectivity index (χ2n) is 4.28. The number of rotatable bonds is 4. The smallest absolute Gasteiger partial charge is 0.323 e. The monoisotopic (exact) mass is 302 g/mol. The van der Waals surface area contributed by atoms with Crippen molar-refractivity contribution in [1.29, 1.82) is 0 Å². The second kappa shape index (κ2) is 5.67. The van der Waals surface area contributed by atoms with E-state index in [9.17, 15) is 9.59 Å². The van der Waals surface area contributed by atoms with E-state index in [1.807, 2.05) is 0 Å². The summed E-state index contributed by atoms with van der Waals surface area (Å²) >= 11 is 11.9. The molecule has 1 aliphatic rings. The number of amides is 2. The van der Waals surface area contributed by atoms with Crippen LogP contribution in [0.1, 0.15) is 12.8 Å². The summed E-state index contributed by atoms with van der Waals surface area (Å²) in [6, 6.07) is 4.34. The van der Waals surface area contributed by atoms with Crippen molar-refractivity contribution in [1.82, 2.24) is 4.90 Å². The lowest BCUT2D eigenvalue weighted by molar-refractivity contribution is -0.137. The van der Waals surface area contributed by atoms with E-state index in [1.165, 1.54) is 4.90 Å². The molecule has 0 spiro atoms. The maximum Gasteiger partial charge on any atom is 0.323 e. The Labute approximate surface area is 120 Å². The first kappa shape index (κ1) is 14.0. The summed E-state index contributed by atoms with van der Waals surface area (Å²) in [5.41, 5.74) is 0.298. The number of carboxylic acids is 1. The third-order valence-electron chi connectivity index (χ3n) is 2.75. The van der Waals surface area contributed by atoms with Crippen molar-refractivity contribution < 1.29 is 14.7 Å². The van der Waals surface area contributed by atoms with Crippen molar-refractivity contribution in [3.8, 4) is 0 Å². The summed E-state index contributed by atoms with van der Waals surface area (Å²) in [4.78, 5) is 24.1. The molecule has 1 aromatic carbocycles. The highest BCUT2D eigenvalue weighted by Crippen LogP contribution is 2.32. The number of para-hydroxylation sites is 1. The molecule has 2 N–H and O–H groups in total. The van der Waals surface area contributed by atoms with Gasteiger partial charge in [-0.2, -0.15) is 0 Å². The van der Waals surface area contributed by atoms with Gasteiger partial charge < -0.3 is 15.3 Å². The number of urea groups is 1. The van der Waals surface area contributed by atoms with E-state index < -0.39 is 12.0 Å². The lowest BCUT2D eigenvalue weighted by Gasteiger charge is -2.21. The predicted octanol–water partition coefficient (Wildman–Crippen LogP) is 3.07. The Morgan fingerprint density at radius 2 is 1.89 bits per heavy atom. The van der Waals surface area contributed by atoms with Gasteiger partial charge in [-0.3, -0.25) is 4.79 Å². The summed E-state index contributed by atoms with van der Waals surface area (Å²) in [5, 5.41) is 12.0. The topological polar surface area (TPSA) is 69.6 Å². The van der Waals surface area contributed by atoms with Gasteiger partial charge in [0.25, 0.3) is 0 Å². The molecular weight excluding hydrogens is 291 g/mol. The molecule has 2 rings (SSSR count). The van der Waals surface area contributed by atoms with E-state index in [1.54, 1.807) is 18.2 Å². The van der Waals surface area contributed by atoms with Gasteiger partial charge in [0.2, 0.25) is 0 Å². The summed E-state index contributed by atoms with van der Waals surface area (Å²) in [6.45, 7) is -0.335. The molecular formula is C12H12Cl2N2O3. The Morgan fingerprint density at radius 3 is 2.37 bits per heavy atom. The van der Waals surface area contributed by atoms with Crippen molar-refractivity contribution >= 4 is 40.9 Å². The van der Waals surface area contributed by atoms with Crippen LogP contribution in [0.3, 0.4) is 0 Å². The molecule has 1 fully saturated rings. The molecule has 0 heterocycles. The van der Waals surface area contributed by atoms with Crippen molar-refractivity contribution in [2.24, 2.45) is 0 Å². The molecule has 0 aliphatic heterocycles. The average molecular weight is 303 g/mol. The molecule has 0 aromatic heterocycles. The number of hydrogen-bond acceptors (Lipinski definition) is 2. The molecule has 1 aromatic rings. The van der Waals surface area contributed by atoms with E-state index >= 15 is 0 Å². The van der Waals surface area contributed by atoms with E-state index in [4.69, 9.17) is 28.3 Å². The van der Waals surface area contributed by atoms with Crippen LogP contribution in [0.15, 0.2) is 18.2 Å². The zero-order valence-electron chi connectivity index (χ0n) is 9.90. The Kier molecular flexibility index (Phi) is 4.17. The Hall–Kier alpha value is -1.46. The molecule has 0 radical (unpaired) electrons. The van der Waals surface area contributed by atoms with E-state index in [-0.39, 0.29) is 12.6 Å². The summed E-state index contributed by atoms with van der Waals surface area (Å²) in [6.07, 6.45) is 1.63. The quantitative estimate of drug-likeness (QED) is 0.898. The van der Waals surface area contributed by atoms with Gasteiger partial charge in [-0.05, 0) is 25.0 Å². The first-order chi connectivity index (χ1) is 8.99. The molecule has 7 heteroatoms. The maximum atomic E-state index is 12.1. The highest BCUT2D eigenvalue weighted by atomic mass is 35.5. The molecule has 5 nitrogen and oxygen atoms in total. The molecule has 19 heavy (non-hydrogen) atoms. The molecule has 102 valence electrons. The molecule has 0 unspecified atom stereocenters. The number of carbonyl (C=O) groups excluding carboxylic acids is 1. The van der Waals surface area contributed by atoms with Gasteiger partial charge in [-0.25, -0.2) is 4.79 Å². The number of aliphatic carboxylic acids is 1. The molecule has 0 bridgehead atoms. The van der Waals surface area contributed by atoms with Gasteiger partial charge in [0.1, 0.15) is 6.54 Å². The fourth-order valence-corrected chi connectivity index (χ4v) is 2.19. The first-order valence-electron chi connectivity index (χ1n) is 5.72. The third-order valence-corrected chi connectivity index (χ3v) is 3.38. The third kappa shape index (κ3) is 3.52. The van der Waals surface area contributed by atoms with E-state index in [0.717, 1.165) is 12.8 Å². The molecule has 1 saturated carbocycles. The Morgan fingerprint density at radius 1 is 1.32 bits per heavy atom. The lowest BCUT2D eigenvalue weighted by atomic mass is 10.3. The fraction of sp³-hybridized carbons (Fsp3) is 0.333. The van der Waals surface area contributed by atoms with E-state index in [2.05, 4.69) is 5.32 Å². The zero-order valence-corrected chi connectivity index (χ0v) is 11.4. The number of nitrogens with one attached hydrogen (secondary N) is 1. The van der Waals surface area contributed by atoms with Gasteiger partial charge >= 0.3 is 12.0 Å². The maximum absolute atomic E-state index is 12.1. The van der Waals surface area contributed by atoms with Gasteiger partial charge in [-0.15, -0.1) is 0 Å². The average Bonchev–Trinajstić information content (AvgIpc) is 3.14. The number of nitrogens with zero attached hydrogens (tertiary/aromatic N) is 1. The fourth-order valence-electron chi connectivity index (χ4n) is 1.69. The van der Waals surface area contributed by atoms with Gasteiger partial charge in [0, 0.05) is 6.04 Å². The van der Waals surface area contributed by atoms with Crippen LogP contribution in [-0.2, 0) is 4.79 Å². The number of benzene rings is 1. The van der Waals surface area contributed by atoms with Crippen molar-refractivity contribution in [2.75, 3.05) is 11.9 Å². The van der Waals surface area contributed by atoms with Crippen LogP contribution in [0.4, 0.5) is 10.5 Å². The summed E-state index contributed by atoms with van der Waals surface area (Å²) in [5.74, 6) is -1.05. The standard InChI is InChI=1S/C12H12Cl2N2O3/c13-8-2-1-3-9(14)11(8)15-12(19)16(6-10(17)18)7-4-5-7/h1-3,7H,4-6H2,(H,15,19)(H,17,18). The zero-order chi connectivity index (χ0) is 14.0. The Balaban J connectivity index is 2.12. The first-order valence-corrected chi connectivity index (χ1v) is 6.48. The SMILES string of the molecule is O=C(O)CN(C(=O)Nc1c(Cl)cccc1Cl)C1CC1. The highest BCUT2D eigenvalue weighted by Gasteiger charge is 2.34. The number of halogens is 2. The number of carboxylic acid groups (broad SMARTS) is 1. The highest BCUT2D eigenvalue weighted by molar-refractivity contribution is 6.39. The summed E-state index contributed by atoms with van der Waals surface area (Å²) < 4.78 is 0. The van der Waals surface area contributed by atoms with Crippen LogP contribution >= 0.6 is 23.2 Å². The van der Waals surface area contributed by atoms with Gasteiger partial charge in [0.05, 0.1) is 15.7 Å². The van der Waals surface area contributed by atoms with Crippen LogP contribution in [0, 0.1) is 0 Å². The van der Waals surface area contributed by atoms with Crippen molar-refractivity contribution in [2.45, 2.75) is 18.9 Å². The van der Waals surface area contributed by atoms with Gasteiger partial charge in [0.15, 0.2) is 0 Å². The molecule has 2 amide bonds. The van der Waals surface area contributed by atoms with Crippen LogP contribution in [0.25, 0.3) is 0 Å².